The standard InChI is InChI=1S/C8H10N4O2/c9-6-4-11(5-6)7-2-1-3-10-8(7)12(13)14/h1-3,6H,4-5,9H2. The van der Waals surface area contributed by atoms with Crippen molar-refractivity contribution < 1.29 is 4.92 Å². The molecule has 0 radical (unpaired) electrons. The van der Waals surface area contributed by atoms with Gasteiger partial charge < -0.3 is 20.7 Å². The molecule has 0 aromatic carbocycles. The molecule has 1 saturated heterocycles. The van der Waals surface area contributed by atoms with Gasteiger partial charge in [0.2, 0.25) is 0 Å². The molecular formula is C8H10N4O2. The van der Waals surface area contributed by atoms with Crippen molar-refractivity contribution in [3.8, 4) is 0 Å². The van der Waals surface area contributed by atoms with Crippen LogP contribution in [0.1, 0.15) is 0 Å². The van der Waals surface area contributed by atoms with Gasteiger partial charge in [0.15, 0.2) is 0 Å². The van der Waals surface area contributed by atoms with Gasteiger partial charge in [0.1, 0.15) is 11.9 Å². The second kappa shape index (κ2) is 3.22. The zero-order valence-electron chi connectivity index (χ0n) is 7.46. The quantitative estimate of drug-likeness (QED) is 0.534. The largest absolute Gasteiger partial charge is 0.387 e. The van der Waals surface area contributed by atoms with E-state index in [9.17, 15) is 10.1 Å². The molecule has 1 aromatic rings. The van der Waals surface area contributed by atoms with E-state index in [4.69, 9.17) is 5.73 Å². The summed E-state index contributed by atoms with van der Waals surface area (Å²) in [6.45, 7) is 1.32. The van der Waals surface area contributed by atoms with Gasteiger partial charge in [-0.3, -0.25) is 0 Å². The Morgan fingerprint density at radius 2 is 2.36 bits per heavy atom. The van der Waals surface area contributed by atoms with Crippen LogP contribution < -0.4 is 10.6 Å². The first-order chi connectivity index (χ1) is 6.68. The van der Waals surface area contributed by atoms with E-state index in [0.717, 1.165) is 0 Å². The second-order valence-corrected chi connectivity index (χ2v) is 3.27. The molecule has 6 nitrogen and oxygen atoms in total. The van der Waals surface area contributed by atoms with E-state index in [1.807, 2.05) is 4.90 Å². The molecule has 1 aromatic heterocycles. The Morgan fingerprint density at radius 1 is 1.64 bits per heavy atom. The third-order valence-corrected chi connectivity index (χ3v) is 2.19. The molecule has 74 valence electrons. The van der Waals surface area contributed by atoms with Gasteiger partial charge in [-0.15, -0.1) is 0 Å². The van der Waals surface area contributed by atoms with Gasteiger partial charge in [-0.2, -0.15) is 0 Å². The van der Waals surface area contributed by atoms with Crippen molar-refractivity contribution in [2.75, 3.05) is 18.0 Å². The molecule has 0 spiro atoms. The van der Waals surface area contributed by atoms with Gasteiger partial charge in [-0.05, 0) is 22.0 Å². The molecule has 0 saturated carbocycles. The average Bonchev–Trinajstić information content (AvgIpc) is 2.13. The summed E-state index contributed by atoms with van der Waals surface area (Å²) in [4.78, 5) is 15.7. The van der Waals surface area contributed by atoms with E-state index in [-0.39, 0.29) is 11.9 Å². The van der Waals surface area contributed by atoms with Crippen molar-refractivity contribution in [2.24, 2.45) is 5.73 Å². The van der Waals surface area contributed by atoms with Crippen LogP contribution in [-0.2, 0) is 0 Å². The molecule has 2 N–H and O–H groups in total. The number of hydrogen-bond acceptors (Lipinski definition) is 5. The molecular weight excluding hydrogens is 184 g/mol. The third kappa shape index (κ3) is 1.39. The predicted molar refractivity (Wildman–Crippen MR) is 51.1 cm³/mol. The predicted octanol–water partition coefficient (Wildman–Crippen LogP) is 0.137. The lowest BCUT2D eigenvalue weighted by molar-refractivity contribution is -0.388. The lowest BCUT2D eigenvalue weighted by Gasteiger charge is -2.37. The Hall–Kier alpha value is -1.69. The van der Waals surface area contributed by atoms with E-state index in [1.165, 1.54) is 6.20 Å². The highest BCUT2D eigenvalue weighted by Crippen LogP contribution is 2.27. The molecule has 0 amide bonds. The van der Waals surface area contributed by atoms with Crippen LogP contribution in [0.5, 0.6) is 0 Å². The normalized spacial score (nSPS) is 16.5. The molecule has 14 heavy (non-hydrogen) atoms. The minimum Gasteiger partial charge on any atom is -0.361 e. The van der Waals surface area contributed by atoms with Crippen LogP contribution in [0.15, 0.2) is 18.3 Å². The summed E-state index contributed by atoms with van der Waals surface area (Å²) in [6, 6.07) is 3.50. The summed E-state index contributed by atoms with van der Waals surface area (Å²) < 4.78 is 0. The van der Waals surface area contributed by atoms with Gasteiger partial charge in [0.25, 0.3) is 0 Å². The summed E-state index contributed by atoms with van der Waals surface area (Å²) in [5.41, 5.74) is 6.16. The van der Waals surface area contributed by atoms with Crippen molar-refractivity contribution in [1.82, 2.24) is 4.98 Å². The minimum atomic E-state index is -0.473. The highest BCUT2D eigenvalue weighted by atomic mass is 16.6. The second-order valence-electron chi connectivity index (χ2n) is 3.27. The highest BCUT2D eigenvalue weighted by Gasteiger charge is 2.29. The van der Waals surface area contributed by atoms with Crippen LogP contribution in [0.2, 0.25) is 0 Å². The van der Waals surface area contributed by atoms with Crippen LogP contribution in [0.3, 0.4) is 0 Å². The maximum atomic E-state index is 10.6. The summed E-state index contributed by atoms with van der Waals surface area (Å²) in [6.07, 6.45) is 1.42. The van der Waals surface area contributed by atoms with E-state index < -0.39 is 4.92 Å². The first kappa shape index (κ1) is 8.89. The van der Waals surface area contributed by atoms with Crippen LogP contribution in [0, 0.1) is 10.1 Å². The minimum absolute atomic E-state index is 0.0978. The highest BCUT2D eigenvalue weighted by molar-refractivity contribution is 5.60. The number of aromatic nitrogens is 1. The van der Waals surface area contributed by atoms with Gasteiger partial charge in [0, 0.05) is 19.1 Å². The number of nitro groups is 1. The zero-order chi connectivity index (χ0) is 10.1. The number of nitrogens with two attached hydrogens (primary N) is 1. The van der Waals surface area contributed by atoms with Gasteiger partial charge in [0.05, 0.1) is 0 Å². The van der Waals surface area contributed by atoms with Crippen molar-refractivity contribution in [1.29, 1.82) is 0 Å². The van der Waals surface area contributed by atoms with E-state index in [2.05, 4.69) is 4.98 Å². The Morgan fingerprint density at radius 3 is 2.93 bits per heavy atom. The first-order valence-electron chi connectivity index (χ1n) is 4.28. The van der Waals surface area contributed by atoms with Gasteiger partial charge in [-0.1, -0.05) is 0 Å². The maximum Gasteiger partial charge on any atom is 0.387 e. The smallest absolute Gasteiger partial charge is 0.361 e. The van der Waals surface area contributed by atoms with Crippen molar-refractivity contribution in [3.05, 3.63) is 28.4 Å². The topological polar surface area (TPSA) is 85.3 Å². The number of anilines is 1. The van der Waals surface area contributed by atoms with Gasteiger partial charge >= 0.3 is 5.82 Å². The van der Waals surface area contributed by atoms with Gasteiger partial charge in [-0.25, -0.2) is 0 Å². The summed E-state index contributed by atoms with van der Waals surface area (Å²) in [5, 5.41) is 10.6. The van der Waals surface area contributed by atoms with Crippen LogP contribution in [-0.4, -0.2) is 29.0 Å². The molecule has 1 aliphatic heterocycles. The fourth-order valence-electron chi connectivity index (χ4n) is 1.49. The molecule has 0 unspecified atom stereocenters. The van der Waals surface area contributed by atoms with Crippen LogP contribution >= 0.6 is 0 Å². The lowest BCUT2D eigenvalue weighted by atomic mass is 10.1. The molecule has 1 fully saturated rings. The number of hydrogen-bond donors (Lipinski definition) is 1. The zero-order valence-corrected chi connectivity index (χ0v) is 7.46. The number of rotatable bonds is 2. The average molecular weight is 194 g/mol. The molecule has 0 aliphatic carbocycles. The molecule has 6 heteroatoms. The fourth-order valence-corrected chi connectivity index (χ4v) is 1.49. The SMILES string of the molecule is NC1CN(c2cccnc2[N+](=O)[O-])C1. The van der Waals surface area contributed by atoms with E-state index in [0.29, 0.717) is 18.8 Å². The monoisotopic (exact) mass is 194 g/mol. The summed E-state index contributed by atoms with van der Waals surface area (Å²) >= 11 is 0. The first-order valence-corrected chi connectivity index (χ1v) is 4.28. The Bertz CT molecular complexity index is 362. The van der Waals surface area contributed by atoms with Crippen molar-refractivity contribution in [2.45, 2.75) is 6.04 Å². The number of nitrogens with zero attached hydrogens (tertiary/aromatic N) is 3. The summed E-state index contributed by atoms with van der Waals surface area (Å²) in [5.74, 6) is -0.0978. The number of pyridine rings is 1. The fraction of sp³-hybridized carbons (Fsp3) is 0.375. The Labute approximate surface area is 80.5 Å². The molecule has 2 heterocycles. The lowest BCUT2D eigenvalue weighted by Crippen LogP contribution is -2.56. The van der Waals surface area contributed by atoms with Crippen LogP contribution in [0.4, 0.5) is 11.5 Å². The Kier molecular flexibility index (Phi) is 2.05. The maximum absolute atomic E-state index is 10.6. The molecule has 1 aliphatic rings. The molecule has 0 atom stereocenters. The Balaban J connectivity index is 2.28. The van der Waals surface area contributed by atoms with Crippen molar-refractivity contribution in [3.63, 3.8) is 0 Å². The van der Waals surface area contributed by atoms with Crippen LogP contribution in [0.25, 0.3) is 0 Å². The molecule has 2 rings (SSSR count). The van der Waals surface area contributed by atoms with E-state index in [1.54, 1.807) is 12.1 Å². The van der Waals surface area contributed by atoms with Crippen molar-refractivity contribution >= 4 is 11.5 Å². The van der Waals surface area contributed by atoms with E-state index >= 15 is 0 Å². The third-order valence-electron chi connectivity index (χ3n) is 2.19. The molecule has 0 bridgehead atoms. The summed E-state index contributed by atoms with van der Waals surface area (Å²) in [7, 11) is 0.